The molecule has 0 aliphatic carbocycles. The van der Waals surface area contributed by atoms with Crippen LogP contribution < -0.4 is 9.47 Å². The minimum atomic E-state index is 0.461. The Hall–Kier alpha value is -4.44. The minimum absolute atomic E-state index is 0.461. The number of methoxy groups -OCH3 is 2. The Kier molecular flexibility index (Phi) is 3.96. The van der Waals surface area contributed by atoms with Crippen molar-refractivity contribution in [2.75, 3.05) is 14.2 Å². The molecule has 8 rings (SSSR count). The first kappa shape index (κ1) is 20.7. The average Bonchev–Trinajstić information content (AvgIpc) is 3.55. The van der Waals surface area contributed by atoms with Crippen molar-refractivity contribution in [2.24, 2.45) is 0 Å². The Morgan fingerprint density at radius 2 is 1.43 bits per heavy atom. The quantitative estimate of drug-likeness (QED) is 0.251. The number of nitrogens with zero attached hydrogens (tertiary/aromatic N) is 1. The highest BCUT2D eigenvalue weighted by Crippen LogP contribution is 2.45. The first-order valence-electron chi connectivity index (χ1n) is 12.7. The zero-order valence-electron chi connectivity index (χ0n) is 21.2. The van der Waals surface area contributed by atoms with Crippen molar-refractivity contribution in [3.8, 4) is 11.5 Å². The Morgan fingerprint density at radius 3 is 2.24 bits per heavy atom. The van der Waals surface area contributed by atoms with Gasteiger partial charge in [-0.15, -0.1) is 0 Å². The lowest BCUT2D eigenvalue weighted by atomic mass is 9.99. The summed E-state index contributed by atoms with van der Waals surface area (Å²) >= 11 is 0. The van der Waals surface area contributed by atoms with Crippen LogP contribution in [0.1, 0.15) is 25.3 Å². The van der Waals surface area contributed by atoms with Gasteiger partial charge in [-0.25, -0.2) is 0 Å². The van der Waals surface area contributed by atoms with Gasteiger partial charge in [-0.05, 0) is 82.9 Å². The molecule has 0 radical (unpaired) electrons. The van der Waals surface area contributed by atoms with Gasteiger partial charge in [0.15, 0.2) is 0 Å². The molecule has 0 unspecified atom stereocenters. The maximum Gasteiger partial charge on any atom is 0.139 e. The van der Waals surface area contributed by atoms with Crippen LogP contribution in [0.4, 0.5) is 0 Å². The van der Waals surface area contributed by atoms with E-state index < -0.39 is 0 Å². The van der Waals surface area contributed by atoms with Gasteiger partial charge < -0.3 is 18.3 Å². The van der Waals surface area contributed by atoms with Crippen LogP contribution in [0, 0.1) is 0 Å². The molecule has 8 aromatic rings. The van der Waals surface area contributed by atoms with Gasteiger partial charge in [-0.2, -0.15) is 0 Å². The van der Waals surface area contributed by atoms with Gasteiger partial charge >= 0.3 is 0 Å². The SMILES string of the molecule is COc1ccc2c(c1)oc1cc3cc4c5ccc(OC)c6c7cc(C(C)C)ccc7n(c4cc3cc12)c56. The number of rotatable bonds is 3. The second-order valence-corrected chi connectivity index (χ2v) is 10.3. The summed E-state index contributed by atoms with van der Waals surface area (Å²) < 4.78 is 19.9. The van der Waals surface area contributed by atoms with Crippen LogP contribution in [-0.2, 0) is 0 Å². The maximum absolute atomic E-state index is 6.24. The summed E-state index contributed by atoms with van der Waals surface area (Å²) in [6.45, 7) is 4.49. The van der Waals surface area contributed by atoms with E-state index in [2.05, 4.69) is 78.9 Å². The molecule has 4 nitrogen and oxygen atoms in total. The van der Waals surface area contributed by atoms with Crippen LogP contribution >= 0.6 is 0 Å². The zero-order chi connectivity index (χ0) is 25.0. The Bertz CT molecular complexity index is 2200. The van der Waals surface area contributed by atoms with E-state index in [0.717, 1.165) is 33.4 Å². The molecule has 5 aromatic carbocycles. The number of benzene rings is 5. The Morgan fingerprint density at radius 1 is 0.649 bits per heavy atom. The third kappa shape index (κ3) is 2.62. The van der Waals surface area contributed by atoms with Crippen LogP contribution in [0.25, 0.3) is 70.8 Å². The highest BCUT2D eigenvalue weighted by Gasteiger charge is 2.21. The first-order chi connectivity index (χ1) is 18.1. The second kappa shape index (κ2) is 7.07. The van der Waals surface area contributed by atoms with Crippen molar-refractivity contribution in [1.82, 2.24) is 4.40 Å². The molecule has 0 amide bonds. The van der Waals surface area contributed by atoms with Gasteiger partial charge in [0.05, 0.1) is 36.2 Å². The summed E-state index contributed by atoms with van der Waals surface area (Å²) in [5.74, 6) is 2.18. The number of furan rings is 1. The summed E-state index contributed by atoms with van der Waals surface area (Å²) in [7, 11) is 3.44. The van der Waals surface area contributed by atoms with Crippen LogP contribution in [0.3, 0.4) is 0 Å². The van der Waals surface area contributed by atoms with Crippen molar-refractivity contribution in [1.29, 1.82) is 0 Å². The standard InChI is InChI=1S/C33H25NO3/c1-17(2)18-5-9-27-26(11-18)32-29(36-4)10-8-23-24-12-20-15-30-25(13-19(20)14-28(24)34(27)33(23)32)22-7-6-21(35-3)16-31(22)37-30/h5-17H,1-4H3. The van der Waals surface area contributed by atoms with Gasteiger partial charge in [-0.1, -0.05) is 19.9 Å². The van der Waals surface area contributed by atoms with E-state index >= 15 is 0 Å². The average molecular weight is 484 g/mol. The van der Waals surface area contributed by atoms with Crippen LogP contribution in [0.5, 0.6) is 11.5 Å². The van der Waals surface area contributed by atoms with Gasteiger partial charge in [0, 0.05) is 33.0 Å². The molecule has 0 saturated heterocycles. The topological polar surface area (TPSA) is 36.0 Å². The first-order valence-corrected chi connectivity index (χ1v) is 12.7. The molecule has 0 fully saturated rings. The molecular formula is C33H25NO3. The number of hydrogen-bond donors (Lipinski definition) is 0. The largest absolute Gasteiger partial charge is 0.497 e. The highest BCUT2D eigenvalue weighted by molar-refractivity contribution is 6.26. The van der Waals surface area contributed by atoms with E-state index in [-0.39, 0.29) is 0 Å². The van der Waals surface area contributed by atoms with E-state index in [0.29, 0.717) is 5.92 Å². The predicted molar refractivity (Wildman–Crippen MR) is 153 cm³/mol. The van der Waals surface area contributed by atoms with Gasteiger partial charge in [0.25, 0.3) is 0 Å². The van der Waals surface area contributed by atoms with Crippen molar-refractivity contribution in [2.45, 2.75) is 19.8 Å². The number of aromatic nitrogens is 1. The van der Waals surface area contributed by atoms with E-state index in [9.17, 15) is 0 Å². The van der Waals surface area contributed by atoms with Crippen LogP contribution in [0.15, 0.2) is 77.2 Å². The molecule has 0 aliphatic heterocycles. The molecule has 0 N–H and O–H groups in total. The summed E-state index contributed by atoms with van der Waals surface area (Å²) in [6, 6.07) is 26.3. The lowest BCUT2D eigenvalue weighted by Crippen LogP contribution is -1.88. The smallest absolute Gasteiger partial charge is 0.139 e. The van der Waals surface area contributed by atoms with E-state index in [4.69, 9.17) is 13.9 Å². The summed E-state index contributed by atoms with van der Waals surface area (Å²) in [4.78, 5) is 0. The fourth-order valence-corrected chi connectivity index (χ4v) is 6.20. The molecule has 180 valence electrons. The summed E-state index contributed by atoms with van der Waals surface area (Å²) in [6.07, 6.45) is 0. The molecule has 0 atom stereocenters. The molecular weight excluding hydrogens is 458 g/mol. The molecule has 37 heavy (non-hydrogen) atoms. The van der Waals surface area contributed by atoms with Crippen molar-refractivity contribution in [3.05, 3.63) is 78.4 Å². The van der Waals surface area contributed by atoms with E-state index in [1.165, 1.54) is 54.4 Å². The Labute approximate surface area is 212 Å². The molecule has 3 aromatic heterocycles. The van der Waals surface area contributed by atoms with Crippen molar-refractivity contribution >= 4 is 70.8 Å². The third-order valence-corrected chi connectivity index (χ3v) is 8.06. The monoisotopic (exact) mass is 483 g/mol. The van der Waals surface area contributed by atoms with Crippen LogP contribution in [-0.4, -0.2) is 18.6 Å². The lowest BCUT2D eigenvalue weighted by molar-refractivity contribution is 0.414. The second-order valence-electron chi connectivity index (χ2n) is 10.3. The summed E-state index contributed by atoms with van der Waals surface area (Å²) in [5.41, 5.74) is 6.71. The van der Waals surface area contributed by atoms with Gasteiger partial charge in [0.1, 0.15) is 22.7 Å². The maximum atomic E-state index is 6.24. The molecule has 3 heterocycles. The van der Waals surface area contributed by atoms with E-state index in [1.54, 1.807) is 14.2 Å². The molecule has 0 spiro atoms. The molecule has 0 bridgehead atoms. The van der Waals surface area contributed by atoms with Crippen molar-refractivity contribution < 1.29 is 13.9 Å². The number of hydrogen-bond acceptors (Lipinski definition) is 3. The van der Waals surface area contributed by atoms with Gasteiger partial charge in [0.2, 0.25) is 0 Å². The number of fused-ring (bicyclic) bond motifs is 10. The predicted octanol–water partition coefficient (Wildman–Crippen LogP) is 9.03. The fourth-order valence-electron chi connectivity index (χ4n) is 6.20. The zero-order valence-corrected chi connectivity index (χ0v) is 21.2. The normalized spacial score (nSPS) is 12.6. The third-order valence-electron chi connectivity index (χ3n) is 8.06. The van der Waals surface area contributed by atoms with Crippen LogP contribution in [0.2, 0.25) is 0 Å². The minimum Gasteiger partial charge on any atom is -0.497 e. The van der Waals surface area contributed by atoms with Crippen molar-refractivity contribution in [3.63, 3.8) is 0 Å². The lowest BCUT2D eigenvalue weighted by Gasteiger charge is -2.07. The fraction of sp³-hybridized carbons (Fsp3) is 0.152. The molecule has 0 saturated carbocycles. The van der Waals surface area contributed by atoms with Gasteiger partial charge in [-0.3, -0.25) is 0 Å². The molecule has 4 heteroatoms. The highest BCUT2D eigenvalue weighted by atomic mass is 16.5. The Balaban J connectivity index is 1.52. The summed E-state index contributed by atoms with van der Waals surface area (Å²) in [5, 5.41) is 9.48. The number of ether oxygens (including phenoxy) is 2. The van der Waals surface area contributed by atoms with E-state index in [1.807, 2.05) is 12.1 Å². The molecule has 0 aliphatic rings.